The van der Waals surface area contributed by atoms with Crippen LogP contribution in [-0.2, 0) is 0 Å². The Kier molecular flexibility index (Phi) is 4.95. The van der Waals surface area contributed by atoms with E-state index >= 15 is 0 Å². The van der Waals surface area contributed by atoms with Crippen molar-refractivity contribution in [3.05, 3.63) is 56.9 Å². The minimum Gasteiger partial charge on any atom is -0.332 e. The number of para-hydroxylation sites is 1. The summed E-state index contributed by atoms with van der Waals surface area (Å²) in [6, 6.07) is 12.1. The lowest BCUT2D eigenvalue weighted by atomic mass is 10.3. The Morgan fingerprint density at radius 3 is 2.58 bits per heavy atom. The zero-order chi connectivity index (χ0) is 13.8. The highest BCUT2D eigenvalue weighted by Crippen LogP contribution is 2.20. The van der Waals surface area contributed by atoms with Crippen molar-refractivity contribution in [1.82, 2.24) is 0 Å². The second-order valence-corrected chi connectivity index (χ2v) is 5.67. The molecule has 2 aromatic rings. The highest BCUT2D eigenvalue weighted by atomic mass is 127. The molecule has 0 aliphatic heterocycles. The molecule has 2 N–H and O–H groups in total. The number of hydrogen-bond acceptors (Lipinski definition) is 1. The average molecular weight is 407 g/mol. The minimum atomic E-state index is -0.455. The van der Waals surface area contributed by atoms with Gasteiger partial charge in [-0.1, -0.05) is 23.7 Å². The van der Waals surface area contributed by atoms with Gasteiger partial charge in [-0.15, -0.1) is 0 Å². The van der Waals surface area contributed by atoms with Crippen molar-refractivity contribution in [3.63, 3.8) is 0 Å². The van der Waals surface area contributed by atoms with Crippen molar-refractivity contribution in [2.75, 3.05) is 10.6 Å². The van der Waals surface area contributed by atoms with Gasteiger partial charge < -0.3 is 10.6 Å². The van der Waals surface area contributed by atoms with Crippen molar-refractivity contribution in [2.45, 2.75) is 0 Å². The van der Waals surface area contributed by atoms with Gasteiger partial charge in [0.05, 0.1) is 10.7 Å². The van der Waals surface area contributed by atoms with Gasteiger partial charge in [0.1, 0.15) is 5.82 Å². The predicted octanol–water partition coefficient (Wildman–Crippen LogP) is 4.89. The number of hydrogen-bond donors (Lipinski definition) is 2. The standard InChI is InChI=1S/C13H9ClFIN2S/c14-9-7-8(5-6-10(9)15)17-13(19)18-12-4-2-1-3-11(12)16/h1-7H,(H2,17,18,19). The summed E-state index contributed by atoms with van der Waals surface area (Å²) in [7, 11) is 0. The summed E-state index contributed by atoms with van der Waals surface area (Å²) in [6.07, 6.45) is 0. The zero-order valence-corrected chi connectivity index (χ0v) is 13.3. The Hall–Kier alpha value is -0.920. The largest absolute Gasteiger partial charge is 0.332 e. The summed E-state index contributed by atoms with van der Waals surface area (Å²) in [4.78, 5) is 0. The Morgan fingerprint density at radius 1 is 1.16 bits per heavy atom. The van der Waals surface area contributed by atoms with Crippen molar-refractivity contribution in [3.8, 4) is 0 Å². The topological polar surface area (TPSA) is 24.1 Å². The normalized spacial score (nSPS) is 10.1. The maximum absolute atomic E-state index is 13.0. The van der Waals surface area contributed by atoms with Crippen molar-refractivity contribution in [2.24, 2.45) is 0 Å². The smallest absolute Gasteiger partial charge is 0.175 e. The molecule has 0 saturated carbocycles. The van der Waals surface area contributed by atoms with Crippen LogP contribution in [0.2, 0.25) is 5.02 Å². The monoisotopic (exact) mass is 406 g/mol. The molecule has 0 aliphatic carbocycles. The molecule has 0 fully saturated rings. The quantitative estimate of drug-likeness (QED) is 0.548. The first-order valence-corrected chi connectivity index (χ1v) is 7.20. The molecular weight excluding hydrogens is 398 g/mol. The van der Waals surface area contributed by atoms with Crippen LogP contribution in [0.3, 0.4) is 0 Å². The maximum Gasteiger partial charge on any atom is 0.175 e. The van der Waals surface area contributed by atoms with Gasteiger partial charge >= 0.3 is 0 Å². The molecule has 0 unspecified atom stereocenters. The summed E-state index contributed by atoms with van der Waals surface area (Å²) in [5, 5.41) is 6.50. The lowest BCUT2D eigenvalue weighted by molar-refractivity contribution is 0.628. The summed E-state index contributed by atoms with van der Waals surface area (Å²) in [5.41, 5.74) is 1.55. The molecular formula is C13H9ClFIN2S. The number of anilines is 2. The van der Waals surface area contributed by atoms with Crippen LogP contribution in [0, 0.1) is 9.39 Å². The van der Waals surface area contributed by atoms with Gasteiger partial charge in [-0.2, -0.15) is 0 Å². The first-order valence-electron chi connectivity index (χ1n) is 5.34. The number of halogens is 3. The van der Waals surface area contributed by atoms with Crippen molar-refractivity contribution in [1.29, 1.82) is 0 Å². The van der Waals surface area contributed by atoms with E-state index in [1.165, 1.54) is 12.1 Å². The molecule has 0 spiro atoms. The third-order valence-corrected chi connectivity index (χ3v) is 3.73. The van der Waals surface area contributed by atoms with Crippen LogP contribution in [0.5, 0.6) is 0 Å². The van der Waals surface area contributed by atoms with Crippen LogP contribution >= 0.6 is 46.4 Å². The van der Waals surface area contributed by atoms with E-state index in [1.54, 1.807) is 6.07 Å². The van der Waals surface area contributed by atoms with Crippen LogP contribution < -0.4 is 10.6 Å². The number of rotatable bonds is 2. The fourth-order valence-corrected chi connectivity index (χ4v) is 2.35. The summed E-state index contributed by atoms with van der Waals surface area (Å²) < 4.78 is 14.1. The summed E-state index contributed by atoms with van der Waals surface area (Å²) in [5.74, 6) is -0.455. The van der Waals surface area contributed by atoms with Crippen LogP contribution in [0.25, 0.3) is 0 Å². The van der Waals surface area contributed by atoms with Crippen LogP contribution in [0.4, 0.5) is 15.8 Å². The molecule has 2 aromatic carbocycles. The average Bonchev–Trinajstić information content (AvgIpc) is 2.37. The zero-order valence-electron chi connectivity index (χ0n) is 9.58. The minimum absolute atomic E-state index is 0.0575. The molecule has 0 radical (unpaired) electrons. The maximum atomic E-state index is 13.0. The first-order chi connectivity index (χ1) is 9.06. The lowest BCUT2D eigenvalue weighted by Crippen LogP contribution is -2.19. The predicted molar refractivity (Wildman–Crippen MR) is 90.4 cm³/mol. The van der Waals surface area contributed by atoms with Crippen molar-refractivity contribution < 1.29 is 4.39 Å². The van der Waals surface area contributed by atoms with Gasteiger partial charge in [0.2, 0.25) is 0 Å². The van der Waals surface area contributed by atoms with E-state index in [9.17, 15) is 4.39 Å². The Bertz CT molecular complexity index is 621. The van der Waals surface area contributed by atoms with Gasteiger partial charge in [-0.3, -0.25) is 0 Å². The highest BCUT2D eigenvalue weighted by Gasteiger charge is 2.04. The molecule has 0 heterocycles. The van der Waals surface area contributed by atoms with E-state index in [2.05, 4.69) is 33.2 Å². The second kappa shape index (κ2) is 6.49. The van der Waals surface area contributed by atoms with E-state index in [4.69, 9.17) is 23.8 Å². The summed E-state index contributed by atoms with van der Waals surface area (Å²) in [6.45, 7) is 0. The molecule has 0 aliphatic rings. The molecule has 0 atom stereocenters. The fourth-order valence-electron chi connectivity index (χ4n) is 1.42. The fraction of sp³-hybridized carbons (Fsp3) is 0. The highest BCUT2D eigenvalue weighted by molar-refractivity contribution is 14.1. The molecule has 6 heteroatoms. The number of thiocarbonyl (C=S) groups is 1. The molecule has 0 aromatic heterocycles. The molecule has 19 heavy (non-hydrogen) atoms. The first kappa shape index (κ1) is 14.5. The lowest BCUT2D eigenvalue weighted by Gasteiger charge is -2.12. The van der Waals surface area contributed by atoms with Crippen LogP contribution in [-0.4, -0.2) is 5.11 Å². The molecule has 2 rings (SSSR count). The van der Waals surface area contributed by atoms with E-state index < -0.39 is 5.82 Å². The third kappa shape index (κ3) is 4.02. The van der Waals surface area contributed by atoms with E-state index in [-0.39, 0.29) is 5.02 Å². The molecule has 0 amide bonds. The molecule has 0 bridgehead atoms. The number of nitrogens with one attached hydrogen (secondary N) is 2. The Morgan fingerprint density at radius 2 is 1.89 bits per heavy atom. The molecule has 98 valence electrons. The molecule has 2 nitrogen and oxygen atoms in total. The van der Waals surface area contributed by atoms with Gasteiger partial charge in [0.25, 0.3) is 0 Å². The summed E-state index contributed by atoms with van der Waals surface area (Å²) >= 11 is 13.1. The van der Waals surface area contributed by atoms with Gasteiger partial charge in [-0.05, 0) is 65.1 Å². The SMILES string of the molecule is Fc1ccc(NC(=S)Nc2ccccc2I)cc1Cl. The van der Waals surface area contributed by atoms with Crippen molar-refractivity contribution >= 4 is 62.9 Å². The second-order valence-electron chi connectivity index (χ2n) is 3.69. The van der Waals surface area contributed by atoms with Crippen LogP contribution in [0.1, 0.15) is 0 Å². The van der Waals surface area contributed by atoms with E-state index in [1.807, 2.05) is 24.3 Å². The Balaban J connectivity index is 2.05. The van der Waals surface area contributed by atoms with E-state index in [0.29, 0.717) is 10.8 Å². The number of benzene rings is 2. The molecule has 0 saturated heterocycles. The van der Waals surface area contributed by atoms with Gasteiger partial charge in [0, 0.05) is 9.26 Å². The van der Waals surface area contributed by atoms with Crippen LogP contribution in [0.15, 0.2) is 42.5 Å². The van der Waals surface area contributed by atoms with E-state index in [0.717, 1.165) is 9.26 Å². The Labute approximate surface area is 134 Å². The van der Waals surface area contributed by atoms with Gasteiger partial charge in [-0.25, -0.2) is 4.39 Å². The van der Waals surface area contributed by atoms with Gasteiger partial charge in [0.15, 0.2) is 5.11 Å². The third-order valence-electron chi connectivity index (χ3n) is 2.30.